The summed E-state index contributed by atoms with van der Waals surface area (Å²) in [5.41, 5.74) is 0. The number of nitrogens with one attached hydrogen (secondary N) is 1. The van der Waals surface area contributed by atoms with E-state index in [4.69, 9.17) is 14.6 Å². The first-order valence-electron chi connectivity index (χ1n) is 4.01. The van der Waals surface area contributed by atoms with E-state index >= 15 is 0 Å². The van der Waals surface area contributed by atoms with Crippen molar-refractivity contribution in [1.29, 1.82) is 0 Å². The Morgan fingerprint density at radius 1 is 1.45 bits per heavy atom. The van der Waals surface area contributed by atoms with Crippen molar-refractivity contribution in [2.75, 3.05) is 13.3 Å². The summed E-state index contributed by atoms with van der Waals surface area (Å²) < 4.78 is 10.9. The van der Waals surface area contributed by atoms with E-state index in [2.05, 4.69) is 5.32 Å². The Morgan fingerprint density at radius 2 is 2.36 bits per heavy atom. The molecule has 0 aromatic heterocycles. The molecule has 3 atom stereocenters. The van der Waals surface area contributed by atoms with Crippen LogP contribution in [0.2, 0.25) is 0 Å². The molecule has 0 aromatic rings. The Bertz CT molecular complexity index is 130. The van der Waals surface area contributed by atoms with Gasteiger partial charge >= 0.3 is 0 Å². The molecular formula is C7H13NO3. The van der Waals surface area contributed by atoms with Gasteiger partial charge in [0.1, 0.15) is 6.23 Å². The lowest BCUT2D eigenvalue weighted by Crippen LogP contribution is -2.30. The number of rotatable bonds is 2. The normalized spacial score (nSPS) is 42.8. The molecule has 2 aliphatic heterocycles. The van der Waals surface area contributed by atoms with Crippen LogP contribution >= 0.6 is 0 Å². The minimum atomic E-state index is -0.0237. The first-order valence-corrected chi connectivity index (χ1v) is 4.01. The van der Waals surface area contributed by atoms with Gasteiger partial charge in [0, 0.05) is 13.0 Å². The topological polar surface area (TPSA) is 50.7 Å². The smallest absolute Gasteiger partial charge is 0.112 e. The Morgan fingerprint density at radius 3 is 3.09 bits per heavy atom. The molecular weight excluding hydrogens is 146 g/mol. The van der Waals surface area contributed by atoms with Crippen LogP contribution in [0.4, 0.5) is 0 Å². The average Bonchev–Trinajstić information content (AvgIpc) is 2.46. The van der Waals surface area contributed by atoms with Crippen LogP contribution in [-0.4, -0.2) is 36.9 Å². The number of hydrogen-bond donors (Lipinski definition) is 2. The van der Waals surface area contributed by atoms with Crippen molar-refractivity contribution in [3.63, 3.8) is 0 Å². The number of aliphatic hydroxyl groups is 1. The van der Waals surface area contributed by atoms with Gasteiger partial charge in [-0.2, -0.15) is 0 Å². The van der Waals surface area contributed by atoms with Crippen molar-refractivity contribution in [2.45, 2.75) is 31.3 Å². The van der Waals surface area contributed by atoms with Crippen LogP contribution in [0.1, 0.15) is 12.8 Å². The molecule has 0 aliphatic carbocycles. The molecule has 4 nitrogen and oxygen atoms in total. The first-order chi connectivity index (χ1) is 5.40. The summed E-state index contributed by atoms with van der Waals surface area (Å²) in [6, 6.07) is 0. The molecule has 2 saturated heterocycles. The van der Waals surface area contributed by atoms with E-state index in [0.29, 0.717) is 0 Å². The molecule has 2 rings (SSSR count). The molecule has 0 aromatic carbocycles. The third kappa shape index (κ3) is 1.39. The molecule has 2 aliphatic rings. The summed E-state index contributed by atoms with van der Waals surface area (Å²) in [7, 11) is 0. The van der Waals surface area contributed by atoms with Gasteiger partial charge in [0.2, 0.25) is 0 Å². The van der Waals surface area contributed by atoms with Crippen molar-refractivity contribution in [1.82, 2.24) is 5.32 Å². The first kappa shape index (κ1) is 7.49. The van der Waals surface area contributed by atoms with E-state index < -0.39 is 0 Å². The van der Waals surface area contributed by atoms with E-state index in [1.54, 1.807) is 0 Å². The van der Waals surface area contributed by atoms with Crippen molar-refractivity contribution in [3.05, 3.63) is 0 Å². The molecule has 0 bridgehead atoms. The van der Waals surface area contributed by atoms with Crippen LogP contribution in [0.5, 0.6) is 0 Å². The van der Waals surface area contributed by atoms with Gasteiger partial charge in [0.15, 0.2) is 0 Å². The predicted octanol–water partition coefficient (Wildman–Crippen LogP) is -0.570. The highest BCUT2D eigenvalue weighted by molar-refractivity contribution is 4.85. The van der Waals surface area contributed by atoms with Gasteiger partial charge in [0.05, 0.1) is 18.9 Å². The van der Waals surface area contributed by atoms with Gasteiger partial charge in [-0.1, -0.05) is 0 Å². The largest absolute Gasteiger partial charge is 0.381 e. The summed E-state index contributed by atoms with van der Waals surface area (Å²) in [6.45, 7) is 0.797. The van der Waals surface area contributed by atoms with Gasteiger partial charge in [0.25, 0.3) is 0 Å². The van der Waals surface area contributed by atoms with Crippen LogP contribution < -0.4 is 5.32 Å². The van der Waals surface area contributed by atoms with Crippen LogP contribution in [0.15, 0.2) is 0 Å². The second-order valence-corrected chi connectivity index (χ2v) is 2.96. The summed E-state index contributed by atoms with van der Waals surface area (Å²) in [5.74, 6) is 0. The molecule has 2 fully saturated rings. The Balaban J connectivity index is 1.84. The number of aliphatic hydroxyl groups excluding tert-OH is 1. The molecule has 4 heteroatoms. The monoisotopic (exact) mass is 159 g/mol. The maximum absolute atomic E-state index is 8.56. The zero-order valence-corrected chi connectivity index (χ0v) is 6.32. The SMILES string of the molecule is OCNC1CC2OCCC2O1. The second-order valence-electron chi connectivity index (χ2n) is 2.96. The average molecular weight is 159 g/mol. The fourth-order valence-corrected chi connectivity index (χ4v) is 1.72. The van der Waals surface area contributed by atoms with Crippen LogP contribution in [-0.2, 0) is 9.47 Å². The lowest BCUT2D eigenvalue weighted by Gasteiger charge is -2.10. The van der Waals surface area contributed by atoms with Crippen LogP contribution in [0.3, 0.4) is 0 Å². The summed E-state index contributed by atoms with van der Waals surface area (Å²) in [4.78, 5) is 0. The molecule has 2 heterocycles. The van der Waals surface area contributed by atoms with Gasteiger partial charge in [-0.15, -0.1) is 0 Å². The van der Waals surface area contributed by atoms with Crippen molar-refractivity contribution in [2.24, 2.45) is 0 Å². The molecule has 0 spiro atoms. The molecule has 64 valence electrons. The highest BCUT2D eigenvalue weighted by atomic mass is 16.6. The molecule has 2 N–H and O–H groups in total. The Kier molecular flexibility index (Phi) is 2.09. The van der Waals surface area contributed by atoms with E-state index in [1.165, 1.54) is 0 Å². The van der Waals surface area contributed by atoms with Gasteiger partial charge in [-0.3, -0.25) is 5.32 Å². The predicted molar refractivity (Wildman–Crippen MR) is 37.9 cm³/mol. The van der Waals surface area contributed by atoms with Crippen LogP contribution in [0, 0.1) is 0 Å². The fourth-order valence-electron chi connectivity index (χ4n) is 1.72. The lowest BCUT2D eigenvalue weighted by atomic mass is 10.2. The van der Waals surface area contributed by atoms with Gasteiger partial charge in [-0.05, 0) is 6.42 Å². The van der Waals surface area contributed by atoms with Crippen molar-refractivity contribution < 1.29 is 14.6 Å². The zero-order valence-electron chi connectivity index (χ0n) is 6.32. The highest BCUT2D eigenvalue weighted by Gasteiger charge is 2.39. The Hall–Kier alpha value is -0.160. The quantitative estimate of drug-likeness (QED) is 0.530. The maximum Gasteiger partial charge on any atom is 0.112 e. The Labute approximate surface area is 65.5 Å². The molecule has 0 radical (unpaired) electrons. The van der Waals surface area contributed by atoms with Gasteiger partial charge in [-0.25, -0.2) is 0 Å². The number of ether oxygens (including phenoxy) is 2. The molecule has 0 saturated carbocycles. The lowest BCUT2D eigenvalue weighted by molar-refractivity contribution is 0.0101. The number of fused-ring (bicyclic) bond motifs is 1. The van der Waals surface area contributed by atoms with E-state index in [0.717, 1.165) is 19.4 Å². The van der Waals surface area contributed by atoms with E-state index in [-0.39, 0.29) is 25.2 Å². The maximum atomic E-state index is 8.56. The number of hydrogen-bond acceptors (Lipinski definition) is 4. The third-order valence-corrected chi connectivity index (χ3v) is 2.25. The molecule has 11 heavy (non-hydrogen) atoms. The highest BCUT2D eigenvalue weighted by Crippen LogP contribution is 2.28. The third-order valence-electron chi connectivity index (χ3n) is 2.25. The molecule has 0 amide bonds. The standard InChI is InChI=1S/C7H13NO3/c9-4-8-7-3-6-5(11-7)1-2-10-6/h5-9H,1-4H2. The summed E-state index contributed by atoms with van der Waals surface area (Å²) in [6.07, 6.45) is 2.38. The molecule has 3 unspecified atom stereocenters. The fraction of sp³-hybridized carbons (Fsp3) is 1.00. The second kappa shape index (κ2) is 3.06. The minimum Gasteiger partial charge on any atom is -0.381 e. The van der Waals surface area contributed by atoms with Crippen molar-refractivity contribution in [3.8, 4) is 0 Å². The van der Waals surface area contributed by atoms with Gasteiger partial charge < -0.3 is 14.6 Å². The minimum absolute atomic E-state index is 0.00435. The summed E-state index contributed by atoms with van der Waals surface area (Å²) in [5, 5.41) is 11.4. The zero-order chi connectivity index (χ0) is 7.68. The van der Waals surface area contributed by atoms with E-state index in [9.17, 15) is 0 Å². The van der Waals surface area contributed by atoms with Crippen molar-refractivity contribution >= 4 is 0 Å². The van der Waals surface area contributed by atoms with E-state index in [1.807, 2.05) is 0 Å². The summed E-state index contributed by atoms with van der Waals surface area (Å²) >= 11 is 0. The van der Waals surface area contributed by atoms with Crippen LogP contribution in [0.25, 0.3) is 0 Å².